The van der Waals surface area contributed by atoms with Crippen LogP contribution in [-0.4, -0.2) is 41.7 Å². The molecule has 3 aliphatic rings. The van der Waals surface area contributed by atoms with Gasteiger partial charge in [0.25, 0.3) is 0 Å². The fourth-order valence-electron chi connectivity index (χ4n) is 5.09. The second-order valence-electron chi connectivity index (χ2n) is 7.57. The van der Waals surface area contributed by atoms with Crippen LogP contribution in [0.2, 0.25) is 0 Å². The monoisotopic (exact) mass is 332 g/mol. The molecule has 1 heterocycles. The molecule has 1 saturated heterocycles. The molecule has 1 N–H and O–H groups in total. The SMILES string of the molecule is CC(=O)NC1CN(C2CCC(C(F)(F)F)CC2)C2CCCCC12. The third kappa shape index (κ3) is 3.67. The predicted molar refractivity (Wildman–Crippen MR) is 81.9 cm³/mol. The summed E-state index contributed by atoms with van der Waals surface area (Å²) in [7, 11) is 0. The second-order valence-corrected chi connectivity index (χ2v) is 7.57. The van der Waals surface area contributed by atoms with Crippen LogP contribution in [0.1, 0.15) is 58.3 Å². The minimum Gasteiger partial charge on any atom is -0.352 e. The van der Waals surface area contributed by atoms with Crippen LogP contribution in [0.5, 0.6) is 0 Å². The first-order valence-corrected chi connectivity index (χ1v) is 8.96. The summed E-state index contributed by atoms with van der Waals surface area (Å²) >= 11 is 0. The summed E-state index contributed by atoms with van der Waals surface area (Å²) in [6.45, 7) is 2.37. The van der Waals surface area contributed by atoms with Crippen molar-refractivity contribution in [3.63, 3.8) is 0 Å². The van der Waals surface area contributed by atoms with Crippen LogP contribution in [0.15, 0.2) is 0 Å². The number of fused-ring (bicyclic) bond motifs is 1. The van der Waals surface area contributed by atoms with Crippen molar-refractivity contribution in [2.24, 2.45) is 11.8 Å². The number of amides is 1. The first-order chi connectivity index (χ1) is 10.9. The number of rotatable bonds is 2. The van der Waals surface area contributed by atoms with Crippen molar-refractivity contribution in [1.29, 1.82) is 0 Å². The summed E-state index contributed by atoms with van der Waals surface area (Å²) in [5.74, 6) is -0.635. The summed E-state index contributed by atoms with van der Waals surface area (Å²) in [5, 5.41) is 3.08. The molecule has 0 aromatic heterocycles. The molecule has 0 aromatic carbocycles. The van der Waals surface area contributed by atoms with Gasteiger partial charge in [0.05, 0.1) is 5.92 Å². The van der Waals surface area contributed by atoms with E-state index in [-0.39, 0.29) is 30.8 Å². The number of carbonyl (C=O) groups is 1. The molecule has 3 unspecified atom stereocenters. The zero-order valence-electron chi connectivity index (χ0n) is 13.7. The number of nitrogens with zero attached hydrogens (tertiary/aromatic N) is 1. The highest BCUT2D eigenvalue weighted by Gasteiger charge is 2.48. The Hall–Kier alpha value is -0.780. The summed E-state index contributed by atoms with van der Waals surface area (Å²) in [6, 6.07) is 0.893. The lowest BCUT2D eigenvalue weighted by Gasteiger charge is -2.40. The largest absolute Gasteiger partial charge is 0.391 e. The van der Waals surface area contributed by atoms with Crippen LogP contribution in [0.25, 0.3) is 0 Å². The van der Waals surface area contributed by atoms with Crippen LogP contribution in [-0.2, 0) is 4.79 Å². The molecule has 3 atom stereocenters. The number of carbonyl (C=O) groups excluding carboxylic acids is 1. The van der Waals surface area contributed by atoms with Gasteiger partial charge in [-0.25, -0.2) is 0 Å². The summed E-state index contributed by atoms with van der Waals surface area (Å²) < 4.78 is 38.6. The van der Waals surface area contributed by atoms with Crippen molar-refractivity contribution in [3.05, 3.63) is 0 Å². The maximum Gasteiger partial charge on any atom is 0.391 e. The van der Waals surface area contributed by atoms with Crippen LogP contribution in [0.3, 0.4) is 0 Å². The van der Waals surface area contributed by atoms with Crippen LogP contribution >= 0.6 is 0 Å². The van der Waals surface area contributed by atoms with Crippen LogP contribution in [0.4, 0.5) is 13.2 Å². The minimum absolute atomic E-state index is 0.00181. The van der Waals surface area contributed by atoms with Crippen molar-refractivity contribution in [3.8, 4) is 0 Å². The fraction of sp³-hybridized carbons (Fsp3) is 0.941. The lowest BCUT2D eigenvalue weighted by atomic mass is 9.81. The molecule has 3 rings (SSSR count). The molecule has 0 aromatic rings. The van der Waals surface area contributed by atoms with E-state index < -0.39 is 12.1 Å². The summed E-state index contributed by atoms with van der Waals surface area (Å²) in [5.41, 5.74) is 0. The Kier molecular flexibility index (Phi) is 4.90. The highest BCUT2D eigenvalue weighted by atomic mass is 19.4. The Morgan fingerprint density at radius 1 is 1.04 bits per heavy atom. The van der Waals surface area contributed by atoms with Gasteiger partial charge in [-0.15, -0.1) is 0 Å². The van der Waals surface area contributed by atoms with E-state index in [0.29, 0.717) is 24.8 Å². The number of likely N-dealkylation sites (tertiary alicyclic amines) is 1. The van der Waals surface area contributed by atoms with Gasteiger partial charge in [0.15, 0.2) is 0 Å². The van der Waals surface area contributed by atoms with Gasteiger partial charge in [0, 0.05) is 31.6 Å². The van der Waals surface area contributed by atoms with E-state index in [1.54, 1.807) is 6.92 Å². The number of alkyl halides is 3. The molecule has 23 heavy (non-hydrogen) atoms. The first kappa shape index (κ1) is 17.1. The third-order valence-corrected chi connectivity index (χ3v) is 6.15. The average molecular weight is 332 g/mol. The van der Waals surface area contributed by atoms with Gasteiger partial charge in [-0.1, -0.05) is 12.8 Å². The lowest BCUT2D eigenvalue weighted by Crippen LogP contribution is -2.44. The average Bonchev–Trinajstić information content (AvgIpc) is 2.85. The van der Waals surface area contributed by atoms with Crippen LogP contribution in [0, 0.1) is 11.8 Å². The van der Waals surface area contributed by atoms with Gasteiger partial charge in [-0.2, -0.15) is 13.2 Å². The van der Waals surface area contributed by atoms with E-state index in [1.807, 2.05) is 0 Å². The van der Waals surface area contributed by atoms with Gasteiger partial charge >= 0.3 is 6.18 Å². The molecule has 3 nitrogen and oxygen atoms in total. The van der Waals surface area contributed by atoms with E-state index in [4.69, 9.17) is 0 Å². The van der Waals surface area contributed by atoms with Gasteiger partial charge in [-0.3, -0.25) is 9.69 Å². The van der Waals surface area contributed by atoms with Crippen molar-refractivity contribution in [1.82, 2.24) is 10.2 Å². The Bertz CT molecular complexity index is 432. The summed E-state index contributed by atoms with van der Waals surface area (Å²) in [6.07, 6.45) is 2.40. The van der Waals surface area contributed by atoms with Crippen LogP contribution < -0.4 is 5.32 Å². The van der Waals surface area contributed by atoms with Crippen molar-refractivity contribution in [2.75, 3.05) is 6.54 Å². The molecule has 1 amide bonds. The highest BCUT2D eigenvalue weighted by molar-refractivity contribution is 5.73. The molecule has 0 bridgehead atoms. The molecule has 132 valence electrons. The molecule has 0 radical (unpaired) electrons. The predicted octanol–water partition coefficient (Wildman–Crippen LogP) is 3.49. The Balaban J connectivity index is 1.64. The number of hydrogen-bond acceptors (Lipinski definition) is 2. The standard InChI is InChI=1S/C17H27F3N2O/c1-11(23)21-15-10-22(16-5-3-2-4-14(15)16)13-8-6-12(7-9-13)17(18,19)20/h12-16H,2-10H2,1H3,(H,21,23). The van der Waals surface area contributed by atoms with E-state index in [9.17, 15) is 18.0 Å². The van der Waals surface area contributed by atoms with E-state index in [0.717, 1.165) is 19.4 Å². The topological polar surface area (TPSA) is 32.3 Å². The Labute approximate surface area is 136 Å². The molecule has 3 fully saturated rings. The zero-order valence-corrected chi connectivity index (χ0v) is 13.7. The number of hydrogen-bond donors (Lipinski definition) is 1. The van der Waals surface area contributed by atoms with Gasteiger partial charge in [-0.05, 0) is 44.4 Å². The Morgan fingerprint density at radius 3 is 2.30 bits per heavy atom. The van der Waals surface area contributed by atoms with E-state index >= 15 is 0 Å². The second kappa shape index (κ2) is 6.61. The number of nitrogens with one attached hydrogen (secondary N) is 1. The maximum absolute atomic E-state index is 12.9. The molecule has 2 saturated carbocycles. The van der Waals surface area contributed by atoms with E-state index in [1.165, 1.54) is 12.8 Å². The Morgan fingerprint density at radius 2 is 1.70 bits per heavy atom. The fourth-order valence-corrected chi connectivity index (χ4v) is 5.09. The zero-order chi connectivity index (χ0) is 16.6. The lowest BCUT2D eigenvalue weighted by molar-refractivity contribution is -0.184. The van der Waals surface area contributed by atoms with Crippen molar-refractivity contribution in [2.45, 2.75) is 82.6 Å². The van der Waals surface area contributed by atoms with E-state index in [2.05, 4.69) is 10.2 Å². The first-order valence-electron chi connectivity index (χ1n) is 8.96. The summed E-state index contributed by atoms with van der Waals surface area (Å²) in [4.78, 5) is 13.9. The molecule has 1 aliphatic heterocycles. The minimum atomic E-state index is -4.04. The van der Waals surface area contributed by atoms with Crippen molar-refractivity contribution >= 4 is 5.91 Å². The van der Waals surface area contributed by atoms with Gasteiger partial charge in [0.1, 0.15) is 0 Å². The van der Waals surface area contributed by atoms with Gasteiger partial charge < -0.3 is 5.32 Å². The molecule has 2 aliphatic carbocycles. The molecular formula is C17H27F3N2O. The quantitative estimate of drug-likeness (QED) is 0.839. The van der Waals surface area contributed by atoms with Gasteiger partial charge in [0.2, 0.25) is 5.91 Å². The molecule has 0 spiro atoms. The highest BCUT2D eigenvalue weighted by Crippen LogP contribution is 2.43. The number of halogens is 3. The maximum atomic E-state index is 12.9. The molecule has 6 heteroatoms. The third-order valence-electron chi connectivity index (χ3n) is 6.15. The van der Waals surface area contributed by atoms with Crippen molar-refractivity contribution < 1.29 is 18.0 Å². The smallest absolute Gasteiger partial charge is 0.352 e. The normalized spacial score (nSPS) is 39.0. The molecular weight excluding hydrogens is 305 g/mol.